The molecule has 0 radical (unpaired) electrons. The molecular formula is C24H24N4O2S. The molecule has 2 aromatic heterocycles. The van der Waals surface area contributed by atoms with E-state index in [4.69, 9.17) is 0 Å². The number of pyridine rings is 1. The molecule has 0 unspecified atom stereocenters. The first-order chi connectivity index (χ1) is 15.1. The van der Waals surface area contributed by atoms with E-state index >= 15 is 0 Å². The Morgan fingerprint density at radius 1 is 0.935 bits per heavy atom. The zero-order valence-electron chi connectivity index (χ0n) is 17.3. The molecule has 7 heteroatoms. The van der Waals surface area contributed by atoms with E-state index in [0.29, 0.717) is 24.9 Å². The summed E-state index contributed by atoms with van der Waals surface area (Å²) >= 11 is 1.55. The topological polar surface area (TPSA) is 65.5 Å². The normalized spacial score (nSPS) is 16.5. The highest BCUT2D eigenvalue weighted by Gasteiger charge is 2.33. The third-order valence-corrected chi connectivity index (χ3v) is 7.07. The van der Waals surface area contributed by atoms with Gasteiger partial charge in [-0.2, -0.15) is 0 Å². The van der Waals surface area contributed by atoms with Crippen molar-refractivity contribution >= 4 is 29.0 Å². The molecule has 0 bridgehead atoms. The molecule has 2 aliphatic rings. The highest BCUT2D eigenvalue weighted by molar-refractivity contribution is 7.13. The van der Waals surface area contributed by atoms with Crippen molar-refractivity contribution in [2.45, 2.75) is 18.8 Å². The van der Waals surface area contributed by atoms with Crippen molar-refractivity contribution in [3.05, 3.63) is 81.8 Å². The van der Waals surface area contributed by atoms with Crippen LogP contribution in [-0.2, 0) is 0 Å². The van der Waals surface area contributed by atoms with Gasteiger partial charge in [0.05, 0.1) is 4.88 Å². The molecule has 1 N–H and O–H groups in total. The molecule has 0 spiro atoms. The fraction of sp³-hybridized carbons (Fsp3) is 0.292. The Bertz CT molecular complexity index is 1080. The number of nitrogens with zero attached hydrogens (tertiary/aromatic N) is 3. The van der Waals surface area contributed by atoms with E-state index in [1.54, 1.807) is 17.5 Å². The van der Waals surface area contributed by atoms with Crippen molar-refractivity contribution in [2.24, 2.45) is 0 Å². The largest absolute Gasteiger partial charge is 0.337 e. The number of anilines is 1. The number of likely N-dealkylation sites (tertiary alicyclic amines) is 2. The smallest absolute Gasteiger partial charge is 0.321 e. The summed E-state index contributed by atoms with van der Waals surface area (Å²) in [5, 5.41) is 2.98. The van der Waals surface area contributed by atoms with Gasteiger partial charge in [-0.05, 0) is 48.4 Å². The minimum atomic E-state index is -0.0699. The predicted molar refractivity (Wildman–Crippen MR) is 122 cm³/mol. The number of thiophene rings is 1. The van der Waals surface area contributed by atoms with Crippen LogP contribution in [-0.4, -0.2) is 52.9 Å². The third kappa shape index (κ3) is 4.05. The zero-order chi connectivity index (χ0) is 21.4. The fourth-order valence-corrected chi connectivity index (χ4v) is 4.91. The number of carbonyl (C=O) groups excluding carboxylic acids is 2. The van der Waals surface area contributed by atoms with Gasteiger partial charge in [-0.15, -0.1) is 11.3 Å². The molecule has 0 aliphatic carbocycles. The number of hydrogen-bond acceptors (Lipinski definition) is 4. The minimum Gasteiger partial charge on any atom is -0.337 e. The Labute approximate surface area is 185 Å². The van der Waals surface area contributed by atoms with Gasteiger partial charge in [-0.1, -0.05) is 18.2 Å². The van der Waals surface area contributed by atoms with Crippen LogP contribution in [0.15, 0.2) is 60.9 Å². The van der Waals surface area contributed by atoms with Crippen LogP contribution in [0.3, 0.4) is 0 Å². The summed E-state index contributed by atoms with van der Waals surface area (Å²) in [6.45, 7) is 4.92. The SMILES string of the molecule is Cc1ccc(C(=O)N2CC(c3ccc(NC(=O)N4CC(c5cccnc5)C4)cc3)C2)s1. The highest BCUT2D eigenvalue weighted by Crippen LogP contribution is 2.31. The van der Waals surface area contributed by atoms with Crippen LogP contribution < -0.4 is 5.32 Å². The standard InChI is InChI=1S/C24H24N4O2S/c1-16-4-9-22(31-16)23(29)27-12-19(13-27)17-5-7-21(8-6-17)26-24(30)28-14-20(15-28)18-3-2-10-25-11-18/h2-11,19-20H,12-15H2,1H3,(H,26,30). The second kappa shape index (κ2) is 8.15. The van der Waals surface area contributed by atoms with Crippen LogP contribution >= 0.6 is 11.3 Å². The number of carbonyl (C=O) groups is 2. The lowest BCUT2D eigenvalue weighted by Gasteiger charge is -2.40. The molecule has 2 saturated heterocycles. The first kappa shape index (κ1) is 19.8. The summed E-state index contributed by atoms with van der Waals surface area (Å²) in [6.07, 6.45) is 3.63. The van der Waals surface area contributed by atoms with E-state index in [2.05, 4.69) is 16.4 Å². The molecule has 2 fully saturated rings. The van der Waals surface area contributed by atoms with E-state index in [9.17, 15) is 9.59 Å². The number of amides is 3. The molecule has 6 nitrogen and oxygen atoms in total. The van der Waals surface area contributed by atoms with E-state index in [1.165, 1.54) is 11.1 Å². The molecule has 158 valence electrons. The summed E-state index contributed by atoms with van der Waals surface area (Å²) in [5.74, 6) is 0.840. The lowest BCUT2D eigenvalue weighted by Crippen LogP contribution is -2.50. The molecule has 0 atom stereocenters. The summed E-state index contributed by atoms with van der Waals surface area (Å²) < 4.78 is 0. The van der Waals surface area contributed by atoms with Crippen molar-refractivity contribution in [1.29, 1.82) is 0 Å². The van der Waals surface area contributed by atoms with Gasteiger partial charge in [0.25, 0.3) is 5.91 Å². The molecule has 0 saturated carbocycles. The number of hydrogen-bond donors (Lipinski definition) is 1. The number of aryl methyl sites for hydroxylation is 1. The lowest BCUT2D eigenvalue weighted by molar-refractivity contribution is 0.0607. The molecule has 4 heterocycles. The molecule has 31 heavy (non-hydrogen) atoms. The molecule has 2 aliphatic heterocycles. The monoisotopic (exact) mass is 432 g/mol. The van der Waals surface area contributed by atoms with Crippen molar-refractivity contribution in [3.8, 4) is 0 Å². The minimum absolute atomic E-state index is 0.0699. The van der Waals surface area contributed by atoms with Gasteiger partial charge in [0.1, 0.15) is 0 Å². The van der Waals surface area contributed by atoms with Crippen LogP contribution in [0.2, 0.25) is 0 Å². The lowest BCUT2D eigenvalue weighted by atomic mass is 9.91. The van der Waals surface area contributed by atoms with Gasteiger partial charge in [0, 0.05) is 61.0 Å². The maximum absolute atomic E-state index is 12.5. The Morgan fingerprint density at radius 2 is 1.65 bits per heavy atom. The van der Waals surface area contributed by atoms with Gasteiger partial charge in [-0.25, -0.2) is 4.79 Å². The van der Waals surface area contributed by atoms with Gasteiger partial charge < -0.3 is 15.1 Å². The summed E-state index contributed by atoms with van der Waals surface area (Å²) in [5.41, 5.74) is 3.17. The Kier molecular flexibility index (Phi) is 5.19. The van der Waals surface area contributed by atoms with Crippen LogP contribution in [0.1, 0.15) is 37.5 Å². The van der Waals surface area contributed by atoms with Gasteiger partial charge in [0.15, 0.2) is 0 Å². The number of rotatable bonds is 4. The molecule has 3 amide bonds. The van der Waals surface area contributed by atoms with Crippen LogP contribution in [0, 0.1) is 6.92 Å². The number of aromatic nitrogens is 1. The van der Waals surface area contributed by atoms with E-state index in [-0.39, 0.29) is 11.9 Å². The quantitative estimate of drug-likeness (QED) is 0.668. The molecule has 3 aromatic rings. The number of benzene rings is 1. The average Bonchev–Trinajstić information content (AvgIpc) is 3.14. The van der Waals surface area contributed by atoms with E-state index in [0.717, 1.165) is 28.5 Å². The van der Waals surface area contributed by atoms with Crippen molar-refractivity contribution in [1.82, 2.24) is 14.8 Å². The van der Waals surface area contributed by atoms with Crippen molar-refractivity contribution in [3.63, 3.8) is 0 Å². The highest BCUT2D eigenvalue weighted by atomic mass is 32.1. The first-order valence-electron chi connectivity index (χ1n) is 10.5. The average molecular weight is 433 g/mol. The third-order valence-electron chi connectivity index (χ3n) is 6.08. The van der Waals surface area contributed by atoms with Crippen LogP contribution in [0.5, 0.6) is 0 Å². The Morgan fingerprint density at radius 3 is 2.29 bits per heavy atom. The second-order valence-corrected chi connectivity index (χ2v) is 9.55. The number of nitrogens with one attached hydrogen (secondary N) is 1. The Balaban J connectivity index is 1.10. The maximum Gasteiger partial charge on any atom is 0.321 e. The van der Waals surface area contributed by atoms with Crippen molar-refractivity contribution in [2.75, 3.05) is 31.5 Å². The van der Waals surface area contributed by atoms with Crippen LogP contribution in [0.25, 0.3) is 0 Å². The van der Waals surface area contributed by atoms with Gasteiger partial charge in [-0.3, -0.25) is 9.78 Å². The van der Waals surface area contributed by atoms with Crippen LogP contribution in [0.4, 0.5) is 10.5 Å². The zero-order valence-corrected chi connectivity index (χ0v) is 18.1. The van der Waals surface area contributed by atoms with Crippen molar-refractivity contribution < 1.29 is 9.59 Å². The summed E-state index contributed by atoms with van der Waals surface area (Å²) in [4.78, 5) is 34.8. The second-order valence-electron chi connectivity index (χ2n) is 8.26. The van der Waals surface area contributed by atoms with Gasteiger partial charge >= 0.3 is 6.03 Å². The maximum atomic E-state index is 12.5. The summed E-state index contributed by atoms with van der Waals surface area (Å²) in [6, 6.07) is 15.8. The van der Waals surface area contributed by atoms with E-state index in [1.807, 2.05) is 65.4 Å². The number of urea groups is 1. The molecule has 5 rings (SSSR count). The van der Waals surface area contributed by atoms with Gasteiger partial charge in [0.2, 0.25) is 0 Å². The molecule has 1 aromatic carbocycles. The predicted octanol–water partition coefficient (Wildman–Crippen LogP) is 4.32. The molecular weight excluding hydrogens is 408 g/mol. The Hall–Kier alpha value is -3.19. The first-order valence-corrected chi connectivity index (χ1v) is 11.3. The summed E-state index contributed by atoms with van der Waals surface area (Å²) in [7, 11) is 0. The van der Waals surface area contributed by atoms with E-state index < -0.39 is 0 Å². The fourth-order valence-electron chi connectivity index (χ4n) is 4.07.